The summed E-state index contributed by atoms with van der Waals surface area (Å²) >= 11 is 0. The largest absolute Gasteiger partial charge is 0.452 e. The maximum atomic E-state index is 12.3. The van der Waals surface area contributed by atoms with Crippen LogP contribution in [0.1, 0.15) is 11.3 Å². The lowest BCUT2D eigenvalue weighted by molar-refractivity contribution is -0.142. The second-order valence-corrected chi connectivity index (χ2v) is 9.33. The minimum atomic E-state index is -3.64. The number of nitrogens with zero attached hydrogens (tertiary/aromatic N) is 2. The van der Waals surface area contributed by atoms with Crippen LogP contribution in [0.15, 0.2) is 65.6 Å². The predicted octanol–water partition coefficient (Wildman–Crippen LogP) is 2.99. The number of nitrogens with one attached hydrogen (secondary N) is 1. The predicted molar refractivity (Wildman–Crippen MR) is 122 cm³/mol. The molecule has 1 aromatic heterocycles. The number of aryl methyl sites for hydroxylation is 1. The summed E-state index contributed by atoms with van der Waals surface area (Å²) in [6, 6.07) is 15.7. The monoisotopic (exact) mass is 453 g/mol. The van der Waals surface area contributed by atoms with Crippen LogP contribution >= 0.6 is 0 Å². The van der Waals surface area contributed by atoms with E-state index < -0.39 is 28.5 Å². The number of sulfonamides is 1. The number of ether oxygens (including phenoxy) is 1. The first-order valence-corrected chi connectivity index (χ1v) is 11.1. The molecule has 8 nitrogen and oxygen atoms in total. The number of esters is 1. The molecule has 1 amide bonds. The summed E-state index contributed by atoms with van der Waals surface area (Å²) < 4.78 is 30.6. The zero-order chi connectivity index (χ0) is 23.3. The number of anilines is 1. The van der Waals surface area contributed by atoms with E-state index >= 15 is 0 Å². The lowest BCUT2D eigenvalue weighted by Crippen LogP contribution is -2.23. The molecule has 1 N–H and O–H groups in total. The Kier molecular flexibility index (Phi) is 7.01. The molecule has 0 aliphatic carbocycles. The van der Waals surface area contributed by atoms with Gasteiger partial charge in [-0.3, -0.25) is 4.79 Å². The molecule has 0 atom stereocenters. The molecule has 9 heteroatoms. The number of amides is 1. The van der Waals surface area contributed by atoms with Crippen molar-refractivity contribution in [3.63, 3.8) is 0 Å². The van der Waals surface area contributed by atoms with Gasteiger partial charge in [0.05, 0.1) is 16.1 Å². The highest BCUT2D eigenvalue weighted by Crippen LogP contribution is 2.22. The molecule has 0 aliphatic heterocycles. The van der Waals surface area contributed by atoms with E-state index in [0.29, 0.717) is 16.9 Å². The van der Waals surface area contributed by atoms with Crippen LogP contribution < -0.4 is 5.32 Å². The number of pyridine rings is 1. The Bertz CT molecular complexity index is 1300. The van der Waals surface area contributed by atoms with E-state index in [1.54, 1.807) is 19.1 Å². The van der Waals surface area contributed by atoms with E-state index in [1.165, 1.54) is 38.4 Å². The summed E-state index contributed by atoms with van der Waals surface area (Å²) in [4.78, 5) is 28.6. The minimum absolute atomic E-state index is 0.0474. The summed E-state index contributed by atoms with van der Waals surface area (Å²) in [5.41, 5.74) is 2.38. The molecular formula is C23H23N3O5S. The maximum Gasteiger partial charge on any atom is 0.331 e. The highest BCUT2D eigenvalue weighted by Gasteiger charge is 2.19. The number of hydrogen-bond donors (Lipinski definition) is 1. The van der Waals surface area contributed by atoms with Gasteiger partial charge >= 0.3 is 5.97 Å². The zero-order valence-electron chi connectivity index (χ0n) is 17.9. The van der Waals surface area contributed by atoms with Crippen LogP contribution in [0.25, 0.3) is 17.0 Å². The standard InChI is InChI=1S/C23H23N3O5S/c1-16-8-12-19(32(29,30)26(2)3)14-21(16)25-22(27)15-31-23(28)13-11-18-10-9-17-6-4-5-7-20(17)24-18/h4-14H,15H2,1-3H3,(H,25,27)/b13-11+. The second-order valence-electron chi connectivity index (χ2n) is 7.18. The Morgan fingerprint density at radius 1 is 1.09 bits per heavy atom. The van der Waals surface area contributed by atoms with E-state index in [0.717, 1.165) is 15.2 Å². The topological polar surface area (TPSA) is 106 Å². The van der Waals surface area contributed by atoms with E-state index in [1.807, 2.05) is 30.3 Å². The van der Waals surface area contributed by atoms with E-state index in [2.05, 4.69) is 10.3 Å². The third kappa shape index (κ3) is 5.57. The smallest absolute Gasteiger partial charge is 0.331 e. The molecule has 0 aliphatic rings. The fraction of sp³-hybridized carbons (Fsp3) is 0.174. The van der Waals surface area contributed by atoms with Crippen molar-refractivity contribution >= 4 is 44.6 Å². The molecular weight excluding hydrogens is 430 g/mol. The van der Waals surface area contributed by atoms with Gasteiger partial charge in [0.2, 0.25) is 10.0 Å². The van der Waals surface area contributed by atoms with Crippen molar-refractivity contribution < 1.29 is 22.7 Å². The second kappa shape index (κ2) is 9.71. The zero-order valence-corrected chi connectivity index (χ0v) is 18.7. The molecule has 166 valence electrons. The Hall–Kier alpha value is -3.56. The molecule has 3 aromatic rings. The van der Waals surface area contributed by atoms with Gasteiger partial charge in [-0.05, 0) is 42.8 Å². The highest BCUT2D eigenvalue weighted by molar-refractivity contribution is 7.89. The average molecular weight is 454 g/mol. The van der Waals surface area contributed by atoms with Crippen molar-refractivity contribution in [2.24, 2.45) is 0 Å². The van der Waals surface area contributed by atoms with Crippen molar-refractivity contribution in [1.29, 1.82) is 0 Å². The first kappa shape index (κ1) is 23.1. The van der Waals surface area contributed by atoms with Crippen molar-refractivity contribution in [3.05, 3.63) is 71.9 Å². The summed E-state index contributed by atoms with van der Waals surface area (Å²) in [6.45, 7) is 1.21. The Balaban J connectivity index is 1.59. The normalized spacial score (nSPS) is 11.8. The van der Waals surface area contributed by atoms with Gasteiger partial charge in [-0.15, -0.1) is 0 Å². The number of aromatic nitrogens is 1. The Labute approximate surface area is 186 Å². The molecule has 1 heterocycles. The van der Waals surface area contributed by atoms with Crippen LogP contribution in [-0.2, 0) is 24.3 Å². The fourth-order valence-electron chi connectivity index (χ4n) is 2.81. The van der Waals surface area contributed by atoms with Gasteiger partial charge in [-0.1, -0.05) is 30.3 Å². The van der Waals surface area contributed by atoms with Crippen LogP contribution in [-0.4, -0.2) is 50.3 Å². The summed E-state index contributed by atoms with van der Waals surface area (Å²) in [5, 5.41) is 3.56. The van der Waals surface area contributed by atoms with Gasteiger partial charge in [0.15, 0.2) is 6.61 Å². The molecule has 0 bridgehead atoms. The average Bonchev–Trinajstić information content (AvgIpc) is 2.77. The van der Waals surface area contributed by atoms with Gasteiger partial charge < -0.3 is 10.1 Å². The molecule has 0 radical (unpaired) electrons. The van der Waals surface area contributed by atoms with Crippen LogP contribution in [0.2, 0.25) is 0 Å². The van der Waals surface area contributed by atoms with Gasteiger partial charge in [-0.25, -0.2) is 22.5 Å². The molecule has 32 heavy (non-hydrogen) atoms. The van der Waals surface area contributed by atoms with E-state index in [4.69, 9.17) is 4.74 Å². The molecule has 0 saturated heterocycles. The lowest BCUT2D eigenvalue weighted by Gasteiger charge is -2.14. The van der Waals surface area contributed by atoms with Crippen molar-refractivity contribution in [2.75, 3.05) is 26.0 Å². The number of carbonyl (C=O) groups is 2. The van der Waals surface area contributed by atoms with Crippen molar-refractivity contribution in [1.82, 2.24) is 9.29 Å². The van der Waals surface area contributed by atoms with E-state index in [9.17, 15) is 18.0 Å². The molecule has 0 saturated carbocycles. The van der Waals surface area contributed by atoms with E-state index in [-0.39, 0.29) is 4.90 Å². The molecule has 0 fully saturated rings. The van der Waals surface area contributed by atoms with Crippen LogP contribution in [0.3, 0.4) is 0 Å². The number of hydrogen-bond acceptors (Lipinski definition) is 6. The molecule has 2 aromatic carbocycles. The van der Waals surface area contributed by atoms with Crippen LogP contribution in [0.4, 0.5) is 5.69 Å². The third-order valence-corrected chi connectivity index (χ3v) is 6.43. The first-order valence-electron chi connectivity index (χ1n) is 9.70. The van der Waals surface area contributed by atoms with Gasteiger partial charge in [0.25, 0.3) is 5.91 Å². The first-order chi connectivity index (χ1) is 15.2. The Morgan fingerprint density at radius 3 is 2.59 bits per heavy atom. The SMILES string of the molecule is Cc1ccc(S(=O)(=O)N(C)C)cc1NC(=O)COC(=O)/C=C/c1ccc2ccccc2n1. The highest BCUT2D eigenvalue weighted by atomic mass is 32.2. The quantitative estimate of drug-likeness (QED) is 0.436. The fourth-order valence-corrected chi connectivity index (χ4v) is 3.73. The van der Waals surface area contributed by atoms with Crippen molar-refractivity contribution in [3.8, 4) is 0 Å². The summed E-state index contributed by atoms with van der Waals surface area (Å²) in [7, 11) is -0.795. The number of fused-ring (bicyclic) bond motifs is 1. The number of para-hydroxylation sites is 1. The minimum Gasteiger partial charge on any atom is -0.452 e. The maximum absolute atomic E-state index is 12.3. The van der Waals surface area contributed by atoms with Gasteiger partial charge in [0.1, 0.15) is 0 Å². The molecule has 0 spiro atoms. The number of rotatable bonds is 7. The molecule has 0 unspecified atom stereocenters. The number of benzene rings is 2. The van der Waals surface area contributed by atoms with Crippen molar-refractivity contribution in [2.45, 2.75) is 11.8 Å². The lowest BCUT2D eigenvalue weighted by atomic mass is 10.2. The Morgan fingerprint density at radius 2 is 1.84 bits per heavy atom. The third-order valence-electron chi connectivity index (χ3n) is 4.62. The molecule has 3 rings (SSSR count). The summed E-state index contributed by atoms with van der Waals surface area (Å²) in [6.07, 6.45) is 2.70. The van der Waals surface area contributed by atoms with Gasteiger partial charge in [-0.2, -0.15) is 0 Å². The summed E-state index contributed by atoms with van der Waals surface area (Å²) in [5.74, 6) is -1.28. The van der Waals surface area contributed by atoms with Crippen LogP contribution in [0.5, 0.6) is 0 Å². The number of carbonyl (C=O) groups excluding carboxylic acids is 2. The van der Waals surface area contributed by atoms with Crippen LogP contribution in [0, 0.1) is 6.92 Å². The van der Waals surface area contributed by atoms with Gasteiger partial charge in [0, 0.05) is 31.2 Å².